The van der Waals surface area contributed by atoms with Crippen LogP contribution in [-0.2, 0) is 17.6 Å². The van der Waals surface area contributed by atoms with Gasteiger partial charge in [0.2, 0.25) is 5.91 Å². The third kappa shape index (κ3) is 2.95. The van der Waals surface area contributed by atoms with Crippen LogP contribution in [0.25, 0.3) is 11.1 Å². The molecule has 4 rings (SSSR count). The summed E-state index contributed by atoms with van der Waals surface area (Å²) in [7, 11) is 0. The van der Waals surface area contributed by atoms with Gasteiger partial charge < -0.3 is 9.84 Å². The van der Waals surface area contributed by atoms with E-state index in [9.17, 15) is 4.79 Å². The maximum Gasteiger partial charge on any atom is 0.224 e. The average molecular weight is 332 g/mol. The van der Waals surface area contributed by atoms with Crippen LogP contribution in [0.4, 0.5) is 5.69 Å². The monoisotopic (exact) mass is 332 g/mol. The molecule has 0 saturated carbocycles. The van der Waals surface area contributed by atoms with Gasteiger partial charge in [0.15, 0.2) is 0 Å². The van der Waals surface area contributed by atoms with Crippen molar-refractivity contribution in [1.82, 2.24) is 5.16 Å². The van der Waals surface area contributed by atoms with Crippen LogP contribution >= 0.6 is 0 Å². The number of nitrogens with one attached hydrogen (secondary N) is 1. The highest BCUT2D eigenvalue weighted by Crippen LogP contribution is 2.37. The normalized spacial score (nSPS) is 11.9. The van der Waals surface area contributed by atoms with Gasteiger partial charge in [-0.05, 0) is 61.1 Å². The van der Waals surface area contributed by atoms with Crippen molar-refractivity contribution < 1.29 is 9.32 Å². The Hall–Kier alpha value is -2.88. The zero-order valence-electron chi connectivity index (χ0n) is 14.4. The highest BCUT2D eigenvalue weighted by Gasteiger charge is 2.18. The molecule has 0 aliphatic heterocycles. The summed E-state index contributed by atoms with van der Waals surface area (Å²) >= 11 is 0. The fraction of sp³-hybridized carbons (Fsp3) is 0.238. The number of nitrogens with zero attached hydrogens (tertiary/aromatic N) is 1. The molecule has 1 N–H and O–H groups in total. The lowest BCUT2D eigenvalue weighted by Gasteiger charge is -2.08. The minimum Gasteiger partial charge on any atom is -0.361 e. The SMILES string of the molecule is Cc1noc(C)c1CCC(=O)Nc1ccc2c(c1)Cc1ccccc1-2. The molecule has 2 aromatic carbocycles. The third-order valence-electron chi connectivity index (χ3n) is 4.86. The molecule has 0 bridgehead atoms. The number of anilines is 1. The summed E-state index contributed by atoms with van der Waals surface area (Å²) in [5, 5.41) is 6.94. The maximum atomic E-state index is 12.3. The van der Waals surface area contributed by atoms with E-state index in [1.807, 2.05) is 19.9 Å². The fourth-order valence-corrected chi connectivity index (χ4v) is 3.54. The number of carbonyl (C=O) groups excluding carboxylic acids is 1. The van der Waals surface area contributed by atoms with Gasteiger partial charge >= 0.3 is 0 Å². The smallest absolute Gasteiger partial charge is 0.224 e. The highest BCUT2D eigenvalue weighted by atomic mass is 16.5. The summed E-state index contributed by atoms with van der Waals surface area (Å²) in [6.45, 7) is 3.79. The Morgan fingerprint density at radius 3 is 2.72 bits per heavy atom. The number of aryl methyl sites for hydroxylation is 2. The molecule has 1 aliphatic carbocycles. The van der Waals surface area contributed by atoms with Gasteiger partial charge in [0.25, 0.3) is 0 Å². The largest absolute Gasteiger partial charge is 0.361 e. The first-order chi connectivity index (χ1) is 12.1. The molecule has 1 heterocycles. The van der Waals surface area contributed by atoms with E-state index in [4.69, 9.17) is 4.52 Å². The van der Waals surface area contributed by atoms with Crippen molar-refractivity contribution in [1.29, 1.82) is 0 Å². The Balaban J connectivity index is 1.44. The van der Waals surface area contributed by atoms with Crippen molar-refractivity contribution in [2.45, 2.75) is 33.1 Å². The minimum absolute atomic E-state index is 0.00969. The Bertz CT molecular complexity index is 937. The number of amides is 1. The lowest BCUT2D eigenvalue weighted by atomic mass is 10.1. The van der Waals surface area contributed by atoms with Crippen LogP contribution in [0.1, 0.15) is 34.6 Å². The first-order valence-corrected chi connectivity index (χ1v) is 8.54. The van der Waals surface area contributed by atoms with Crippen molar-refractivity contribution in [3.63, 3.8) is 0 Å². The van der Waals surface area contributed by atoms with Crippen LogP contribution in [0.3, 0.4) is 0 Å². The van der Waals surface area contributed by atoms with Crippen LogP contribution in [0.2, 0.25) is 0 Å². The van der Waals surface area contributed by atoms with Crippen molar-refractivity contribution in [2.24, 2.45) is 0 Å². The van der Waals surface area contributed by atoms with Gasteiger partial charge in [0.05, 0.1) is 5.69 Å². The summed E-state index contributed by atoms with van der Waals surface area (Å²) in [6.07, 6.45) is 1.98. The van der Waals surface area contributed by atoms with Gasteiger partial charge in [-0.2, -0.15) is 0 Å². The second-order valence-corrected chi connectivity index (χ2v) is 6.56. The summed E-state index contributed by atoms with van der Waals surface area (Å²) in [4.78, 5) is 12.3. The van der Waals surface area contributed by atoms with Crippen LogP contribution in [0, 0.1) is 13.8 Å². The van der Waals surface area contributed by atoms with Gasteiger partial charge in [-0.25, -0.2) is 0 Å². The first kappa shape index (κ1) is 15.6. The molecule has 3 aromatic rings. The fourth-order valence-electron chi connectivity index (χ4n) is 3.54. The zero-order chi connectivity index (χ0) is 17.4. The summed E-state index contributed by atoms with van der Waals surface area (Å²) in [5.41, 5.74) is 7.93. The van der Waals surface area contributed by atoms with Gasteiger partial charge in [-0.15, -0.1) is 0 Å². The molecule has 126 valence electrons. The number of fused-ring (bicyclic) bond motifs is 3. The molecule has 25 heavy (non-hydrogen) atoms. The van der Waals surface area contributed by atoms with E-state index in [1.54, 1.807) is 0 Å². The molecular weight excluding hydrogens is 312 g/mol. The van der Waals surface area contributed by atoms with Crippen molar-refractivity contribution >= 4 is 11.6 Å². The number of aromatic nitrogens is 1. The third-order valence-corrected chi connectivity index (χ3v) is 4.86. The molecule has 0 saturated heterocycles. The predicted molar refractivity (Wildman–Crippen MR) is 97.6 cm³/mol. The standard InChI is InChI=1S/C21H20N2O2/c1-13-18(14(2)25-23-13)9-10-21(24)22-17-7-8-20-16(12-17)11-15-5-3-4-6-19(15)20/h3-8,12H,9-11H2,1-2H3,(H,22,24). The van der Waals surface area contributed by atoms with Gasteiger partial charge in [0, 0.05) is 17.7 Å². The molecule has 4 nitrogen and oxygen atoms in total. The number of carbonyl (C=O) groups is 1. The zero-order valence-corrected chi connectivity index (χ0v) is 14.4. The van der Waals surface area contributed by atoms with Crippen molar-refractivity contribution in [3.8, 4) is 11.1 Å². The molecule has 0 atom stereocenters. The molecule has 0 spiro atoms. The van der Waals surface area contributed by atoms with E-state index >= 15 is 0 Å². The molecule has 0 unspecified atom stereocenters. The van der Waals surface area contributed by atoms with E-state index in [0.29, 0.717) is 12.8 Å². The van der Waals surface area contributed by atoms with Crippen molar-refractivity contribution in [3.05, 3.63) is 70.6 Å². The van der Waals surface area contributed by atoms with Gasteiger partial charge in [-0.1, -0.05) is 35.5 Å². The second kappa shape index (κ2) is 6.20. The van der Waals surface area contributed by atoms with Gasteiger partial charge in [-0.3, -0.25) is 4.79 Å². The number of rotatable bonds is 4. The lowest BCUT2D eigenvalue weighted by Crippen LogP contribution is -2.12. The maximum absolute atomic E-state index is 12.3. The van der Waals surface area contributed by atoms with E-state index in [0.717, 1.165) is 29.1 Å². The molecule has 4 heteroatoms. The molecule has 0 radical (unpaired) electrons. The van der Waals surface area contributed by atoms with Crippen LogP contribution in [-0.4, -0.2) is 11.1 Å². The van der Waals surface area contributed by atoms with E-state index in [1.165, 1.54) is 22.3 Å². The molecule has 1 aliphatic rings. The van der Waals surface area contributed by atoms with Crippen LogP contribution in [0.15, 0.2) is 47.0 Å². The van der Waals surface area contributed by atoms with Gasteiger partial charge in [0.1, 0.15) is 5.76 Å². The Kier molecular flexibility index (Phi) is 3.88. The number of hydrogen-bond donors (Lipinski definition) is 1. The number of benzene rings is 2. The quantitative estimate of drug-likeness (QED) is 0.601. The Morgan fingerprint density at radius 2 is 1.92 bits per heavy atom. The molecule has 1 amide bonds. The average Bonchev–Trinajstić information content (AvgIpc) is 3.12. The highest BCUT2D eigenvalue weighted by molar-refractivity contribution is 5.92. The lowest BCUT2D eigenvalue weighted by molar-refractivity contribution is -0.116. The molecule has 0 fully saturated rings. The van der Waals surface area contributed by atoms with Crippen LogP contribution < -0.4 is 5.32 Å². The predicted octanol–water partition coefficient (Wildman–Crippen LogP) is 4.43. The summed E-state index contributed by atoms with van der Waals surface area (Å²) < 4.78 is 5.15. The Labute approximate surface area is 146 Å². The van der Waals surface area contributed by atoms with E-state index < -0.39 is 0 Å². The summed E-state index contributed by atoms with van der Waals surface area (Å²) in [6, 6.07) is 14.6. The second-order valence-electron chi connectivity index (χ2n) is 6.56. The van der Waals surface area contributed by atoms with Crippen molar-refractivity contribution in [2.75, 3.05) is 5.32 Å². The first-order valence-electron chi connectivity index (χ1n) is 8.54. The molecule has 1 aromatic heterocycles. The molecular formula is C21H20N2O2. The van der Waals surface area contributed by atoms with Crippen LogP contribution in [0.5, 0.6) is 0 Å². The van der Waals surface area contributed by atoms with E-state index in [2.05, 4.69) is 46.9 Å². The summed E-state index contributed by atoms with van der Waals surface area (Å²) in [5.74, 6) is 0.802. The minimum atomic E-state index is 0.00969. The number of hydrogen-bond acceptors (Lipinski definition) is 3. The topological polar surface area (TPSA) is 55.1 Å². The van der Waals surface area contributed by atoms with E-state index in [-0.39, 0.29) is 5.91 Å². The Morgan fingerprint density at radius 1 is 1.12 bits per heavy atom.